The molecular formula is C20H21ClN4O. The van der Waals surface area contributed by atoms with Gasteiger partial charge in [-0.2, -0.15) is 5.10 Å². The average molecular weight is 369 g/mol. The Bertz CT molecular complexity index is 904. The lowest BCUT2D eigenvalue weighted by atomic mass is 10.1. The van der Waals surface area contributed by atoms with Gasteiger partial charge in [0.05, 0.1) is 17.8 Å². The lowest BCUT2D eigenvalue weighted by Crippen LogP contribution is -2.26. The number of hydrogen-bond acceptors (Lipinski definition) is 3. The predicted molar refractivity (Wildman–Crippen MR) is 102 cm³/mol. The van der Waals surface area contributed by atoms with Gasteiger partial charge < -0.3 is 4.90 Å². The molecule has 0 N–H and O–H groups in total. The van der Waals surface area contributed by atoms with Gasteiger partial charge in [-0.15, -0.1) is 0 Å². The fourth-order valence-electron chi connectivity index (χ4n) is 2.80. The first kappa shape index (κ1) is 18.1. The molecule has 6 heteroatoms. The third-order valence-electron chi connectivity index (χ3n) is 4.22. The van der Waals surface area contributed by atoms with Crippen LogP contribution in [-0.2, 0) is 13.1 Å². The Labute approximate surface area is 158 Å². The van der Waals surface area contributed by atoms with Crippen LogP contribution >= 0.6 is 11.6 Å². The van der Waals surface area contributed by atoms with Gasteiger partial charge in [-0.25, -0.2) is 4.68 Å². The minimum absolute atomic E-state index is 0.147. The Hall–Kier alpha value is -2.66. The third-order valence-corrected chi connectivity index (χ3v) is 4.61. The molecule has 0 aliphatic rings. The molecule has 0 atom stereocenters. The van der Waals surface area contributed by atoms with E-state index in [1.54, 1.807) is 29.0 Å². The summed E-state index contributed by atoms with van der Waals surface area (Å²) in [4.78, 5) is 18.6. The maximum absolute atomic E-state index is 12.9. The minimum Gasteiger partial charge on any atom is -0.337 e. The molecule has 0 spiro atoms. The van der Waals surface area contributed by atoms with E-state index in [0.717, 1.165) is 11.1 Å². The predicted octanol–water partition coefficient (Wildman–Crippen LogP) is 3.87. The highest BCUT2D eigenvalue weighted by molar-refractivity contribution is 6.33. The number of aryl methyl sites for hydroxylation is 2. The fourth-order valence-corrected chi connectivity index (χ4v) is 3.11. The highest BCUT2D eigenvalue weighted by atomic mass is 35.5. The Kier molecular flexibility index (Phi) is 5.38. The molecule has 1 amide bonds. The normalized spacial score (nSPS) is 10.8. The molecule has 0 fully saturated rings. The largest absolute Gasteiger partial charge is 0.337 e. The number of halogens is 1. The van der Waals surface area contributed by atoms with Gasteiger partial charge in [0.2, 0.25) is 0 Å². The number of carbonyl (C=O) groups excluding carboxylic acids is 1. The van der Waals surface area contributed by atoms with Crippen molar-refractivity contribution >= 4 is 17.5 Å². The highest BCUT2D eigenvalue weighted by Gasteiger charge is 2.23. The number of nitrogens with zero attached hydrogens (tertiary/aromatic N) is 4. The van der Waals surface area contributed by atoms with Crippen molar-refractivity contribution in [3.63, 3.8) is 0 Å². The Morgan fingerprint density at radius 1 is 1.15 bits per heavy atom. The second-order valence-electron chi connectivity index (χ2n) is 6.42. The van der Waals surface area contributed by atoms with E-state index in [1.165, 1.54) is 5.56 Å². The third kappa shape index (κ3) is 3.94. The number of pyridine rings is 1. The van der Waals surface area contributed by atoms with Gasteiger partial charge >= 0.3 is 0 Å². The van der Waals surface area contributed by atoms with E-state index in [1.807, 2.05) is 50.2 Å². The molecule has 5 nitrogen and oxygen atoms in total. The zero-order valence-electron chi connectivity index (χ0n) is 15.1. The smallest absolute Gasteiger partial charge is 0.258 e. The number of aromatic nitrogens is 3. The van der Waals surface area contributed by atoms with Gasteiger partial charge in [0.25, 0.3) is 5.91 Å². The lowest BCUT2D eigenvalue weighted by molar-refractivity contribution is 0.0784. The Morgan fingerprint density at radius 3 is 2.54 bits per heavy atom. The quantitative estimate of drug-likeness (QED) is 0.687. The van der Waals surface area contributed by atoms with Crippen molar-refractivity contribution in [1.82, 2.24) is 19.7 Å². The van der Waals surface area contributed by atoms with Gasteiger partial charge in [-0.3, -0.25) is 9.78 Å². The number of carbonyl (C=O) groups is 1. The lowest BCUT2D eigenvalue weighted by Gasteiger charge is -2.17. The SMILES string of the molecule is Cc1ccc(Cn2nc(C)c(C(=O)N(C)Cc3cccnc3)c2Cl)cc1. The first-order valence-electron chi connectivity index (χ1n) is 8.38. The Morgan fingerprint density at radius 2 is 1.88 bits per heavy atom. The summed E-state index contributed by atoms with van der Waals surface area (Å²) >= 11 is 6.49. The standard InChI is InChI=1S/C20H21ClN4O/c1-14-6-8-16(9-7-14)13-25-19(21)18(15(2)23-25)20(26)24(3)12-17-5-4-10-22-11-17/h4-11H,12-13H2,1-3H3. The second-order valence-corrected chi connectivity index (χ2v) is 6.77. The maximum atomic E-state index is 12.9. The van der Waals surface area contributed by atoms with Gasteiger partial charge in [0.1, 0.15) is 5.15 Å². The second kappa shape index (κ2) is 7.70. The van der Waals surface area contributed by atoms with Gasteiger partial charge in [-0.1, -0.05) is 47.5 Å². The van der Waals surface area contributed by atoms with Gasteiger partial charge in [-0.05, 0) is 31.0 Å². The zero-order valence-corrected chi connectivity index (χ0v) is 15.9. The molecule has 2 heterocycles. The van der Waals surface area contributed by atoms with Crippen molar-refractivity contribution in [1.29, 1.82) is 0 Å². The molecule has 2 aromatic heterocycles. The molecule has 1 aromatic carbocycles. The van der Waals surface area contributed by atoms with E-state index >= 15 is 0 Å². The molecule has 0 aliphatic heterocycles. The van der Waals surface area contributed by atoms with Crippen molar-refractivity contribution in [2.24, 2.45) is 0 Å². The first-order chi connectivity index (χ1) is 12.5. The van der Waals surface area contributed by atoms with Gasteiger partial charge in [0.15, 0.2) is 0 Å². The molecule has 0 unspecified atom stereocenters. The summed E-state index contributed by atoms with van der Waals surface area (Å²) in [6.45, 7) is 4.84. The van der Waals surface area contributed by atoms with E-state index in [2.05, 4.69) is 10.1 Å². The summed E-state index contributed by atoms with van der Waals surface area (Å²) < 4.78 is 1.67. The highest BCUT2D eigenvalue weighted by Crippen LogP contribution is 2.23. The molecule has 0 bridgehead atoms. The van der Waals surface area contributed by atoms with Crippen LogP contribution in [0.1, 0.15) is 32.7 Å². The monoisotopic (exact) mass is 368 g/mol. The van der Waals surface area contributed by atoms with Crippen LogP contribution in [-0.4, -0.2) is 32.6 Å². The number of benzene rings is 1. The molecule has 0 aliphatic carbocycles. The number of amides is 1. The van der Waals surface area contributed by atoms with E-state index in [4.69, 9.17) is 11.6 Å². The van der Waals surface area contributed by atoms with E-state index < -0.39 is 0 Å². The maximum Gasteiger partial charge on any atom is 0.258 e. The molecule has 0 saturated carbocycles. The molecule has 3 rings (SSSR count). The van der Waals surface area contributed by atoms with E-state index in [9.17, 15) is 4.79 Å². The van der Waals surface area contributed by atoms with Crippen molar-refractivity contribution in [2.45, 2.75) is 26.9 Å². The van der Waals surface area contributed by atoms with Crippen LogP contribution in [0.3, 0.4) is 0 Å². The van der Waals surface area contributed by atoms with Crippen molar-refractivity contribution in [2.75, 3.05) is 7.05 Å². The topological polar surface area (TPSA) is 51.0 Å². The zero-order chi connectivity index (χ0) is 18.7. The van der Waals surface area contributed by atoms with E-state index in [-0.39, 0.29) is 5.91 Å². The van der Waals surface area contributed by atoms with Crippen LogP contribution in [0.15, 0.2) is 48.8 Å². The fraction of sp³-hybridized carbons (Fsp3) is 0.250. The molecule has 3 aromatic rings. The summed E-state index contributed by atoms with van der Waals surface area (Å²) in [5.41, 5.74) is 4.33. The van der Waals surface area contributed by atoms with Crippen LogP contribution in [0, 0.1) is 13.8 Å². The van der Waals surface area contributed by atoms with Crippen LogP contribution in [0.2, 0.25) is 5.15 Å². The summed E-state index contributed by atoms with van der Waals surface area (Å²) in [5.74, 6) is -0.147. The molecule has 0 saturated heterocycles. The molecule has 0 radical (unpaired) electrons. The number of rotatable bonds is 5. The number of hydrogen-bond donors (Lipinski definition) is 0. The first-order valence-corrected chi connectivity index (χ1v) is 8.76. The van der Waals surface area contributed by atoms with Crippen LogP contribution in [0.5, 0.6) is 0 Å². The molecule has 26 heavy (non-hydrogen) atoms. The average Bonchev–Trinajstić information content (AvgIpc) is 2.90. The van der Waals surface area contributed by atoms with Crippen LogP contribution < -0.4 is 0 Å². The summed E-state index contributed by atoms with van der Waals surface area (Å²) in [6.07, 6.45) is 3.46. The summed E-state index contributed by atoms with van der Waals surface area (Å²) in [6, 6.07) is 12.0. The van der Waals surface area contributed by atoms with E-state index in [0.29, 0.717) is 29.5 Å². The van der Waals surface area contributed by atoms with Gasteiger partial charge in [0, 0.05) is 26.0 Å². The summed E-state index contributed by atoms with van der Waals surface area (Å²) in [5, 5.41) is 4.83. The molecule has 134 valence electrons. The Balaban J connectivity index is 1.80. The summed E-state index contributed by atoms with van der Waals surface area (Å²) in [7, 11) is 1.75. The van der Waals surface area contributed by atoms with Crippen molar-refractivity contribution in [3.05, 3.63) is 81.9 Å². The van der Waals surface area contributed by atoms with Crippen molar-refractivity contribution < 1.29 is 4.79 Å². The van der Waals surface area contributed by atoms with Crippen molar-refractivity contribution in [3.8, 4) is 0 Å². The minimum atomic E-state index is -0.147. The molecular weight excluding hydrogens is 348 g/mol. The van der Waals surface area contributed by atoms with Crippen LogP contribution in [0.25, 0.3) is 0 Å². The van der Waals surface area contributed by atoms with Crippen LogP contribution in [0.4, 0.5) is 0 Å².